The van der Waals surface area contributed by atoms with Crippen molar-refractivity contribution in [2.45, 2.75) is 63.7 Å². The van der Waals surface area contributed by atoms with Crippen LogP contribution in [-0.4, -0.2) is 6.85 Å². The Morgan fingerprint density at radius 2 is 1.03 bits per heavy atom. The molecule has 3 aliphatic heterocycles. The molecule has 292 valence electrons. The van der Waals surface area contributed by atoms with Gasteiger partial charge in [0.05, 0.1) is 11.1 Å². The van der Waals surface area contributed by atoms with Crippen LogP contribution in [0.3, 0.4) is 0 Å². The first-order valence-corrected chi connectivity index (χ1v) is 22.2. The Kier molecular flexibility index (Phi) is 6.95. The van der Waals surface area contributed by atoms with Gasteiger partial charge in [-0.2, -0.15) is 0 Å². The van der Waals surface area contributed by atoms with Crippen LogP contribution >= 0.6 is 0 Å². The Labute approximate surface area is 360 Å². The minimum atomic E-state index is -0.473. The SMILES string of the molecule is Cc1cc2c3c(c1)N1c4ccccc4C4(c5ccccc5-c5ccccc54)c4cccc(c41)B3N(c1ccc(-c3ccccc3)cc1)c1cc3c(cc1-2)C(C)(C)CCC3(C)C. The Hall–Kier alpha value is -6.58. The zero-order valence-corrected chi connectivity index (χ0v) is 35.6. The molecule has 0 aromatic heterocycles. The summed E-state index contributed by atoms with van der Waals surface area (Å²) in [5, 5.41) is 0. The second-order valence-electron chi connectivity index (χ2n) is 19.6. The lowest BCUT2D eigenvalue weighted by Crippen LogP contribution is -2.62. The number of para-hydroxylation sites is 2. The van der Waals surface area contributed by atoms with E-state index >= 15 is 0 Å². The molecule has 61 heavy (non-hydrogen) atoms. The topological polar surface area (TPSA) is 6.48 Å². The third-order valence-corrected chi connectivity index (χ3v) is 15.3. The molecule has 0 bridgehead atoms. The molecule has 3 heteroatoms. The van der Waals surface area contributed by atoms with Crippen LogP contribution in [-0.2, 0) is 16.2 Å². The Morgan fingerprint density at radius 1 is 0.443 bits per heavy atom. The van der Waals surface area contributed by atoms with E-state index in [1.807, 2.05) is 0 Å². The Morgan fingerprint density at radius 3 is 1.74 bits per heavy atom. The minimum absolute atomic E-state index is 0.0566. The van der Waals surface area contributed by atoms with Crippen LogP contribution < -0.4 is 20.6 Å². The lowest BCUT2D eigenvalue weighted by molar-refractivity contribution is 0.332. The molecule has 5 aliphatic rings. The van der Waals surface area contributed by atoms with E-state index in [4.69, 9.17) is 0 Å². The predicted molar refractivity (Wildman–Crippen MR) is 256 cm³/mol. The summed E-state index contributed by atoms with van der Waals surface area (Å²) in [6, 6.07) is 65.3. The number of rotatable bonds is 2. The molecule has 0 fully saturated rings. The standard InChI is InChI=1S/C58H47BN2/c1-36-32-43-42-34-48-49(57(4,5)31-30-56(48,2)3)35-52(42)61(39-28-26-38(27-29-39)37-16-7-6-8-17-37)59-50-24-15-23-47-55(50)60(53(33-36)54(43)59)51-25-14-13-22-46(51)58(47)44-20-11-9-18-40(44)41-19-10-12-21-45(41)58/h6-29,32-35H,30-31H2,1-5H3. The van der Waals surface area contributed by atoms with Gasteiger partial charge in [0.1, 0.15) is 0 Å². The van der Waals surface area contributed by atoms with Crippen LogP contribution in [0.15, 0.2) is 170 Å². The van der Waals surface area contributed by atoms with E-state index in [1.54, 1.807) is 0 Å². The minimum Gasteiger partial charge on any atom is -0.376 e. The summed E-state index contributed by atoms with van der Waals surface area (Å²) in [4.78, 5) is 5.38. The van der Waals surface area contributed by atoms with Gasteiger partial charge in [0.15, 0.2) is 0 Å². The van der Waals surface area contributed by atoms with Crippen LogP contribution in [0.5, 0.6) is 0 Å². The van der Waals surface area contributed by atoms with Crippen molar-refractivity contribution in [3.8, 4) is 33.4 Å². The summed E-state index contributed by atoms with van der Waals surface area (Å²) >= 11 is 0. The predicted octanol–water partition coefficient (Wildman–Crippen LogP) is 13.4. The van der Waals surface area contributed by atoms with Crippen molar-refractivity contribution in [3.05, 3.63) is 209 Å². The highest BCUT2D eigenvalue weighted by molar-refractivity contribution is 6.93. The number of benzene rings is 8. The van der Waals surface area contributed by atoms with Crippen molar-refractivity contribution >= 4 is 46.2 Å². The van der Waals surface area contributed by atoms with Gasteiger partial charge in [-0.25, -0.2) is 0 Å². The summed E-state index contributed by atoms with van der Waals surface area (Å²) in [6.45, 7) is 12.1. The second kappa shape index (κ2) is 12.0. The van der Waals surface area contributed by atoms with E-state index in [0.29, 0.717) is 0 Å². The summed E-state index contributed by atoms with van der Waals surface area (Å²) in [6.07, 6.45) is 2.35. The molecule has 0 saturated carbocycles. The Balaban J connectivity index is 1.15. The maximum Gasteiger partial charge on any atom is 0.333 e. The van der Waals surface area contributed by atoms with E-state index in [2.05, 4.69) is 214 Å². The van der Waals surface area contributed by atoms with Crippen LogP contribution in [0.25, 0.3) is 33.4 Å². The van der Waals surface area contributed by atoms with E-state index < -0.39 is 5.41 Å². The molecule has 0 N–H and O–H groups in total. The maximum atomic E-state index is 2.72. The van der Waals surface area contributed by atoms with Crippen LogP contribution in [0.1, 0.15) is 79.5 Å². The molecule has 3 heterocycles. The number of hydrogen-bond donors (Lipinski definition) is 0. The summed E-state index contributed by atoms with van der Waals surface area (Å²) in [5.74, 6) is 0. The summed E-state index contributed by atoms with van der Waals surface area (Å²) < 4.78 is 0. The first-order chi connectivity index (χ1) is 29.7. The third kappa shape index (κ3) is 4.49. The highest BCUT2D eigenvalue weighted by Crippen LogP contribution is 2.64. The molecule has 2 aliphatic carbocycles. The number of aryl methyl sites for hydroxylation is 1. The Bertz CT molecular complexity index is 3130. The first-order valence-electron chi connectivity index (χ1n) is 22.2. The van der Waals surface area contributed by atoms with Crippen molar-refractivity contribution < 1.29 is 0 Å². The van der Waals surface area contributed by atoms with Crippen LogP contribution in [0, 0.1) is 6.92 Å². The zero-order chi connectivity index (χ0) is 41.0. The van der Waals surface area contributed by atoms with E-state index in [9.17, 15) is 0 Å². The quantitative estimate of drug-likeness (QED) is 0.161. The molecular formula is C58H47BN2. The normalized spacial score (nSPS) is 17.1. The van der Waals surface area contributed by atoms with Gasteiger partial charge in [0, 0.05) is 28.3 Å². The highest BCUT2D eigenvalue weighted by atomic mass is 15.2. The zero-order valence-electron chi connectivity index (χ0n) is 35.6. The smallest absolute Gasteiger partial charge is 0.333 e. The molecule has 1 spiro atoms. The van der Waals surface area contributed by atoms with E-state index in [-0.39, 0.29) is 17.7 Å². The fraction of sp³-hybridized carbons (Fsp3) is 0.172. The lowest BCUT2D eigenvalue weighted by Gasteiger charge is -2.52. The second-order valence-corrected chi connectivity index (χ2v) is 19.6. The maximum absolute atomic E-state index is 2.72. The number of anilines is 5. The van der Waals surface area contributed by atoms with Gasteiger partial charge in [-0.05, 0) is 145 Å². The molecule has 8 aromatic rings. The number of hydrogen-bond acceptors (Lipinski definition) is 2. The molecule has 2 nitrogen and oxygen atoms in total. The van der Waals surface area contributed by atoms with Gasteiger partial charge < -0.3 is 9.71 Å². The monoisotopic (exact) mass is 782 g/mol. The van der Waals surface area contributed by atoms with Crippen molar-refractivity contribution in [2.24, 2.45) is 0 Å². The van der Waals surface area contributed by atoms with Gasteiger partial charge in [0.2, 0.25) is 0 Å². The molecule has 0 radical (unpaired) electrons. The fourth-order valence-electron chi connectivity index (χ4n) is 12.4. The lowest BCUT2D eigenvalue weighted by atomic mass is 9.42. The molecule has 0 saturated heterocycles. The molecule has 13 rings (SSSR count). The number of fused-ring (bicyclic) bond motifs is 14. The van der Waals surface area contributed by atoms with Gasteiger partial charge in [-0.1, -0.05) is 161 Å². The van der Waals surface area contributed by atoms with Crippen molar-refractivity contribution in [1.82, 2.24) is 0 Å². The van der Waals surface area contributed by atoms with Crippen LogP contribution in [0.4, 0.5) is 28.4 Å². The highest BCUT2D eigenvalue weighted by Gasteiger charge is 2.56. The van der Waals surface area contributed by atoms with Gasteiger partial charge >= 0.3 is 6.85 Å². The van der Waals surface area contributed by atoms with Crippen molar-refractivity contribution in [2.75, 3.05) is 9.71 Å². The van der Waals surface area contributed by atoms with Gasteiger partial charge in [-0.15, -0.1) is 0 Å². The average molecular weight is 783 g/mol. The molecule has 0 unspecified atom stereocenters. The molecule has 0 atom stereocenters. The molecular weight excluding hydrogens is 735 g/mol. The third-order valence-electron chi connectivity index (χ3n) is 15.3. The molecule has 0 amide bonds. The van der Waals surface area contributed by atoms with E-state index in [1.165, 1.54) is 125 Å². The fourth-order valence-corrected chi connectivity index (χ4v) is 12.4. The summed E-state index contributed by atoms with van der Waals surface area (Å²) in [7, 11) is 0. The first kappa shape index (κ1) is 35.2. The van der Waals surface area contributed by atoms with Crippen LogP contribution in [0.2, 0.25) is 0 Å². The largest absolute Gasteiger partial charge is 0.376 e. The molecule has 8 aromatic carbocycles. The number of nitrogens with zero attached hydrogens (tertiary/aromatic N) is 2. The summed E-state index contributed by atoms with van der Waals surface area (Å²) in [5.41, 5.74) is 26.3. The van der Waals surface area contributed by atoms with Crippen molar-refractivity contribution in [1.29, 1.82) is 0 Å². The van der Waals surface area contributed by atoms with Gasteiger partial charge in [0.25, 0.3) is 0 Å². The average Bonchev–Trinajstić information content (AvgIpc) is 3.58. The van der Waals surface area contributed by atoms with E-state index in [0.717, 1.165) is 0 Å². The van der Waals surface area contributed by atoms with Crippen molar-refractivity contribution in [3.63, 3.8) is 0 Å². The van der Waals surface area contributed by atoms with Gasteiger partial charge in [-0.3, -0.25) is 0 Å².